The maximum Gasteiger partial charge on any atom is 0.270 e. The lowest BCUT2D eigenvalue weighted by Crippen LogP contribution is -2.43. The second-order valence-corrected chi connectivity index (χ2v) is 10.8. The summed E-state index contributed by atoms with van der Waals surface area (Å²) in [4.78, 5) is 30.7. The van der Waals surface area contributed by atoms with Crippen LogP contribution in [0.4, 0.5) is 5.82 Å². The van der Waals surface area contributed by atoms with Crippen LogP contribution in [0, 0.1) is 30.1 Å². The van der Waals surface area contributed by atoms with Crippen molar-refractivity contribution in [3.63, 3.8) is 0 Å². The van der Waals surface area contributed by atoms with Gasteiger partial charge in [0.05, 0.1) is 4.91 Å². The van der Waals surface area contributed by atoms with Crippen molar-refractivity contribution in [2.45, 2.75) is 53.5 Å². The van der Waals surface area contributed by atoms with E-state index in [1.807, 2.05) is 6.08 Å². The molecule has 0 saturated carbocycles. The number of hydrogen-bond acceptors (Lipinski definition) is 6. The van der Waals surface area contributed by atoms with E-state index in [1.54, 1.807) is 17.6 Å². The number of anilines is 1. The van der Waals surface area contributed by atoms with Crippen LogP contribution in [0.5, 0.6) is 0 Å². The van der Waals surface area contributed by atoms with Crippen molar-refractivity contribution in [2.75, 3.05) is 24.5 Å². The summed E-state index contributed by atoms with van der Waals surface area (Å²) in [6, 6.07) is 2.12. The Morgan fingerprint density at radius 1 is 1.27 bits per heavy atom. The lowest BCUT2D eigenvalue weighted by atomic mass is 9.91. The molecule has 2 atom stereocenters. The van der Waals surface area contributed by atoms with Crippen LogP contribution in [0.1, 0.15) is 56.7 Å². The molecule has 0 radical (unpaired) electrons. The van der Waals surface area contributed by atoms with E-state index in [0.29, 0.717) is 39.7 Å². The summed E-state index contributed by atoms with van der Waals surface area (Å²) in [5.74, 6) is 1.62. The van der Waals surface area contributed by atoms with Gasteiger partial charge in [0.2, 0.25) is 0 Å². The molecule has 2 unspecified atom stereocenters. The molecular formula is C25H32N4O2S2. The Hall–Kier alpha value is -2.37. The zero-order valence-electron chi connectivity index (χ0n) is 19.9. The van der Waals surface area contributed by atoms with Crippen LogP contribution in [0.15, 0.2) is 22.4 Å². The van der Waals surface area contributed by atoms with Gasteiger partial charge in [0, 0.05) is 31.7 Å². The van der Waals surface area contributed by atoms with Gasteiger partial charge in [-0.05, 0) is 43.2 Å². The number of unbranched alkanes of at least 4 members (excludes halogenated alkanes) is 1. The van der Waals surface area contributed by atoms with Crippen molar-refractivity contribution in [3.05, 3.63) is 44.6 Å². The molecule has 2 fully saturated rings. The number of aromatic nitrogens is 1. The Balaban J connectivity index is 2.26. The topological polar surface area (TPSA) is 69.3 Å². The monoisotopic (exact) mass is 484 g/mol. The second-order valence-electron chi connectivity index (χ2n) is 9.09. The maximum absolute atomic E-state index is 13.4. The molecule has 3 rings (SSSR count). The molecule has 0 spiro atoms. The smallest absolute Gasteiger partial charge is 0.270 e. The predicted molar refractivity (Wildman–Crippen MR) is 140 cm³/mol. The summed E-state index contributed by atoms with van der Waals surface area (Å²) < 4.78 is 2.25. The fourth-order valence-electron chi connectivity index (χ4n) is 4.76. The van der Waals surface area contributed by atoms with Gasteiger partial charge in [0.1, 0.15) is 21.8 Å². The number of pyridine rings is 1. The number of nitrogens with zero attached hydrogens (tertiary/aromatic N) is 4. The highest BCUT2D eigenvalue weighted by atomic mass is 32.2. The second kappa shape index (κ2) is 10.7. The van der Waals surface area contributed by atoms with Crippen molar-refractivity contribution < 1.29 is 4.79 Å². The van der Waals surface area contributed by atoms with Crippen LogP contribution in [0.3, 0.4) is 0 Å². The van der Waals surface area contributed by atoms with Gasteiger partial charge in [-0.1, -0.05) is 57.2 Å². The number of thiocarbonyl (C=S) groups is 1. The Morgan fingerprint density at radius 2 is 1.94 bits per heavy atom. The normalized spacial score (nSPS) is 22.2. The molecule has 0 aliphatic carbocycles. The number of carbonyl (C=O) groups is 1. The molecule has 176 valence electrons. The molecule has 1 amide bonds. The summed E-state index contributed by atoms with van der Waals surface area (Å²) in [5, 5.41) is 9.82. The Morgan fingerprint density at radius 3 is 2.52 bits per heavy atom. The third kappa shape index (κ3) is 5.10. The first kappa shape index (κ1) is 25.3. The van der Waals surface area contributed by atoms with Gasteiger partial charge in [-0.3, -0.25) is 19.1 Å². The Bertz CT molecular complexity index is 1090. The summed E-state index contributed by atoms with van der Waals surface area (Å²) in [5.41, 5.74) is 1.27. The van der Waals surface area contributed by atoms with Crippen LogP contribution in [-0.2, 0) is 11.3 Å². The molecular weight excluding hydrogens is 452 g/mol. The molecule has 2 saturated heterocycles. The molecule has 1 aromatic rings. The van der Waals surface area contributed by atoms with E-state index in [-0.39, 0.29) is 17.0 Å². The predicted octanol–water partition coefficient (Wildman–Crippen LogP) is 4.70. The molecule has 2 aliphatic rings. The van der Waals surface area contributed by atoms with E-state index in [0.717, 1.165) is 43.7 Å². The number of hydrogen-bond donors (Lipinski definition) is 0. The number of rotatable bonds is 7. The maximum atomic E-state index is 13.4. The van der Waals surface area contributed by atoms with Gasteiger partial charge in [-0.15, -0.1) is 6.58 Å². The fourth-order valence-corrected chi connectivity index (χ4v) is 6.02. The summed E-state index contributed by atoms with van der Waals surface area (Å²) in [6.45, 7) is 14.6. The number of amides is 1. The fraction of sp³-hybridized carbons (Fsp3) is 0.520. The van der Waals surface area contributed by atoms with Crippen molar-refractivity contribution >= 4 is 46.1 Å². The van der Waals surface area contributed by atoms with Crippen LogP contribution in [0.2, 0.25) is 0 Å². The minimum absolute atomic E-state index is 0.140. The van der Waals surface area contributed by atoms with E-state index < -0.39 is 0 Å². The number of nitriles is 1. The number of carbonyl (C=O) groups excluding carboxylic acids is 1. The molecule has 3 heterocycles. The molecule has 0 bridgehead atoms. The highest BCUT2D eigenvalue weighted by Crippen LogP contribution is 2.37. The Kier molecular flexibility index (Phi) is 8.19. The highest BCUT2D eigenvalue weighted by molar-refractivity contribution is 8.26. The van der Waals surface area contributed by atoms with Crippen molar-refractivity contribution in [3.8, 4) is 6.07 Å². The highest BCUT2D eigenvalue weighted by Gasteiger charge is 2.33. The summed E-state index contributed by atoms with van der Waals surface area (Å²) in [6.07, 6.45) is 6.39. The first-order valence-corrected chi connectivity index (χ1v) is 12.7. The van der Waals surface area contributed by atoms with Crippen LogP contribution in [0.25, 0.3) is 6.08 Å². The van der Waals surface area contributed by atoms with Gasteiger partial charge in [0.15, 0.2) is 0 Å². The first-order chi connectivity index (χ1) is 15.7. The third-order valence-electron chi connectivity index (χ3n) is 6.21. The van der Waals surface area contributed by atoms with Gasteiger partial charge in [-0.2, -0.15) is 5.26 Å². The largest absolute Gasteiger partial charge is 0.357 e. The molecule has 6 nitrogen and oxygen atoms in total. The average Bonchev–Trinajstić information content (AvgIpc) is 3.02. The third-order valence-corrected chi connectivity index (χ3v) is 7.59. The molecule has 0 aromatic carbocycles. The van der Waals surface area contributed by atoms with Crippen LogP contribution >= 0.6 is 24.0 Å². The lowest BCUT2D eigenvalue weighted by molar-refractivity contribution is -0.121. The van der Waals surface area contributed by atoms with Crippen molar-refractivity contribution in [1.29, 1.82) is 5.26 Å². The molecule has 2 aliphatic heterocycles. The van der Waals surface area contributed by atoms with Crippen molar-refractivity contribution in [2.24, 2.45) is 11.8 Å². The summed E-state index contributed by atoms with van der Waals surface area (Å²) >= 11 is 6.67. The van der Waals surface area contributed by atoms with E-state index in [4.69, 9.17) is 12.2 Å². The first-order valence-electron chi connectivity index (χ1n) is 11.5. The zero-order valence-corrected chi connectivity index (χ0v) is 21.5. The van der Waals surface area contributed by atoms with E-state index in [9.17, 15) is 14.9 Å². The zero-order chi connectivity index (χ0) is 24.3. The molecule has 0 N–H and O–H groups in total. The Labute approximate surface area is 205 Å². The average molecular weight is 485 g/mol. The minimum Gasteiger partial charge on any atom is -0.357 e. The molecule has 33 heavy (non-hydrogen) atoms. The molecule has 8 heteroatoms. The standard InChI is InChI=1S/C25H32N4O2S2/c1-6-8-10-28-22(27-14-16(3)11-17(4)15-27)19(18(5)20(13-26)23(28)30)12-21-24(31)29(9-7-2)25(32)33-21/h7,12,16-17H,2,6,8-11,14-15H2,1,3-5H3/b21-12+. The van der Waals surface area contributed by atoms with Gasteiger partial charge < -0.3 is 4.90 Å². The summed E-state index contributed by atoms with van der Waals surface area (Å²) in [7, 11) is 0. The van der Waals surface area contributed by atoms with Gasteiger partial charge in [-0.25, -0.2) is 0 Å². The van der Waals surface area contributed by atoms with Crippen LogP contribution < -0.4 is 10.5 Å². The lowest BCUT2D eigenvalue weighted by Gasteiger charge is -2.39. The van der Waals surface area contributed by atoms with Crippen LogP contribution in [-0.4, -0.2) is 39.3 Å². The van der Waals surface area contributed by atoms with E-state index in [1.165, 1.54) is 16.7 Å². The number of thioether (sulfide) groups is 1. The molecule has 1 aromatic heterocycles. The van der Waals surface area contributed by atoms with Gasteiger partial charge in [0.25, 0.3) is 11.5 Å². The SMILES string of the molecule is C=CCN1C(=O)/C(=C\c2c(C)c(C#N)c(=O)n(CCCC)c2N2CC(C)CC(C)C2)SC1=S. The number of piperidine rings is 1. The van der Waals surface area contributed by atoms with E-state index >= 15 is 0 Å². The van der Waals surface area contributed by atoms with E-state index in [2.05, 4.69) is 38.3 Å². The minimum atomic E-state index is -0.249. The van der Waals surface area contributed by atoms with Crippen molar-refractivity contribution in [1.82, 2.24) is 9.47 Å². The quantitative estimate of drug-likeness (QED) is 0.317. The van der Waals surface area contributed by atoms with Gasteiger partial charge >= 0.3 is 0 Å².